The standard InChI is InChI=1S/C14H21N3O2/c1-19-11-8-16-14(18)15-7-10-17-9-6-12-4-2-3-5-13(12)17/h2-5H,6-11H2,1H3,(H2,15,16,18). The fraction of sp³-hybridized carbons (Fsp3) is 0.500. The summed E-state index contributed by atoms with van der Waals surface area (Å²) in [5.74, 6) is 0. The van der Waals surface area contributed by atoms with Crippen LogP contribution in [0.2, 0.25) is 0 Å². The summed E-state index contributed by atoms with van der Waals surface area (Å²) < 4.78 is 4.87. The largest absolute Gasteiger partial charge is 0.383 e. The average Bonchev–Trinajstić information content (AvgIpc) is 2.83. The van der Waals surface area contributed by atoms with Crippen LogP contribution in [0.1, 0.15) is 5.56 Å². The number of anilines is 1. The van der Waals surface area contributed by atoms with E-state index in [0.717, 1.165) is 19.5 Å². The molecule has 19 heavy (non-hydrogen) atoms. The van der Waals surface area contributed by atoms with Gasteiger partial charge in [-0.2, -0.15) is 0 Å². The van der Waals surface area contributed by atoms with Crippen molar-refractivity contribution >= 4 is 11.7 Å². The van der Waals surface area contributed by atoms with E-state index in [1.807, 2.05) is 0 Å². The smallest absolute Gasteiger partial charge is 0.314 e. The number of hydrogen-bond acceptors (Lipinski definition) is 3. The van der Waals surface area contributed by atoms with E-state index in [1.165, 1.54) is 11.3 Å². The van der Waals surface area contributed by atoms with Crippen LogP contribution >= 0.6 is 0 Å². The molecule has 0 saturated heterocycles. The molecular weight excluding hydrogens is 242 g/mol. The number of carbonyl (C=O) groups is 1. The number of carbonyl (C=O) groups excluding carboxylic acids is 1. The molecular formula is C14H21N3O2. The second kappa shape index (κ2) is 6.99. The maximum Gasteiger partial charge on any atom is 0.314 e. The number of amides is 2. The number of ether oxygens (including phenoxy) is 1. The number of methoxy groups -OCH3 is 1. The number of nitrogens with one attached hydrogen (secondary N) is 2. The van der Waals surface area contributed by atoms with Crippen molar-refractivity contribution in [3.63, 3.8) is 0 Å². The topological polar surface area (TPSA) is 53.6 Å². The molecule has 0 fully saturated rings. The SMILES string of the molecule is COCCNC(=O)NCCN1CCc2ccccc21. The minimum absolute atomic E-state index is 0.135. The summed E-state index contributed by atoms with van der Waals surface area (Å²) in [6.45, 7) is 3.59. The number of hydrogen-bond donors (Lipinski definition) is 2. The van der Waals surface area contributed by atoms with E-state index in [1.54, 1.807) is 7.11 Å². The molecule has 2 amide bonds. The maximum absolute atomic E-state index is 11.4. The molecule has 2 rings (SSSR count). The summed E-state index contributed by atoms with van der Waals surface area (Å²) in [7, 11) is 1.62. The van der Waals surface area contributed by atoms with Crippen LogP contribution in [0.4, 0.5) is 10.5 Å². The molecule has 1 aliphatic rings. The fourth-order valence-electron chi connectivity index (χ4n) is 2.27. The number of nitrogens with zero attached hydrogens (tertiary/aromatic N) is 1. The van der Waals surface area contributed by atoms with Gasteiger partial charge in [0.2, 0.25) is 0 Å². The minimum atomic E-state index is -0.135. The van der Waals surface area contributed by atoms with Crippen LogP contribution in [0.3, 0.4) is 0 Å². The first-order chi connectivity index (χ1) is 9.31. The Morgan fingerprint density at radius 2 is 2.11 bits per heavy atom. The van der Waals surface area contributed by atoms with Gasteiger partial charge in [0.1, 0.15) is 0 Å². The van der Waals surface area contributed by atoms with E-state index in [-0.39, 0.29) is 6.03 Å². The zero-order valence-electron chi connectivity index (χ0n) is 11.3. The van der Waals surface area contributed by atoms with Gasteiger partial charge in [0, 0.05) is 39.0 Å². The lowest BCUT2D eigenvalue weighted by atomic mass is 10.2. The summed E-state index contributed by atoms with van der Waals surface area (Å²) >= 11 is 0. The van der Waals surface area contributed by atoms with E-state index in [2.05, 4.69) is 39.8 Å². The normalized spacial score (nSPS) is 13.2. The monoisotopic (exact) mass is 263 g/mol. The Labute approximate surface area is 113 Å². The molecule has 0 spiro atoms. The molecule has 104 valence electrons. The van der Waals surface area contributed by atoms with Gasteiger partial charge in [-0.1, -0.05) is 18.2 Å². The quantitative estimate of drug-likeness (QED) is 0.753. The molecule has 0 aliphatic carbocycles. The van der Waals surface area contributed by atoms with Gasteiger partial charge in [-0.3, -0.25) is 0 Å². The highest BCUT2D eigenvalue weighted by Crippen LogP contribution is 2.26. The molecule has 1 aromatic rings. The minimum Gasteiger partial charge on any atom is -0.383 e. The Kier molecular flexibility index (Phi) is 5.03. The first-order valence-electron chi connectivity index (χ1n) is 6.65. The number of urea groups is 1. The van der Waals surface area contributed by atoms with E-state index >= 15 is 0 Å². The summed E-state index contributed by atoms with van der Waals surface area (Å²) in [6, 6.07) is 8.30. The highest BCUT2D eigenvalue weighted by Gasteiger charge is 2.17. The van der Waals surface area contributed by atoms with Gasteiger partial charge in [0.25, 0.3) is 0 Å². The van der Waals surface area contributed by atoms with Crippen molar-refractivity contribution in [2.24, 2.45) is 0 Å². The molecule has 0 saturated carbocycles. The van der Waals surface area contributed by atoms with Gasteiger partial charge in [0.05, 0.1) is 6.61 Å². The predicted octanol–water partition coefficient (Wildman–Crippen LogP) is 0.995. The van der Waals surface area contributed by atoms with E-state index in [9.17, 15) is 4.79 Å². The van der Waals surface area contributed by atoms with Crippen LogP contribution in [-0.2, 0) is 11.2 Å². The lowest BCUT2D eigenvalue weighted by Crippen LogP contribution is -2.41. The molecule has 0 unspecified atom stereocenters. The molecule has 0 radical (unpaired) electrons. The highest BCUT2D eigenvalue weighted by molar-refractivity contribution is 5.73. The van der Waals surface area contributed by atoms with Crippen molar-refractivity contribution in [1.29, 1.82) is 0 Å². The van der Waals surface area contributed by atoms with Crippen LogP contribution in [-0.4, -0.2) is 45.9 Å². The third-order valence-corrected chi connectivity index (χ3v) is 3.24. The lowest BCUT2D eigenvalue weighted by molar-refractivity contribution is 0.196. The highest BCUT2D eigenvalue weighted by atomic mass is 16.5. The summed E-state index contributed by atoms with van der Waals surface area (Å²) in [5, 5.41) is 5.59. The number of rotatable bonds is 6. The van der Waals surface area contributed by atoms with Crippen LogP contribution < -0.4 is 15.5 Å². The van der Waals surface area contributed by atoms with Gasteiger partial charge < -0.3 is 20.3 Å². The third-order valence-electron chi connectivity index (χ3n) is 3.24. The molecule has 2 N–H and O–H groups in total. The molecule has 0 atom stereocenters. The van der Waals surface area contributed by atoms with Crippen molar-refractivity contribution < 1.29 is 9.53 Å². The predicted molar refractivity (Wildman–Crippen MR) is 75.6 cm³/mol. The molecule has 0 bridgehead atoms. The molecule has 5 nitrogen and oxygen atoms in total. The zero-order valence-corrected chi connectivity index (χ0v) is 11.3. The molecule has 0 aromatic heterocycles. The van der Waals surface area contributed by atoms with Crippen LogP contribution in [0.15, 0.2) is 24.3 Å². The number of fused-ring (bicyclic) bond motifs is 1. The van der Waals surface area contributed by atoms with Crippen molar-refractivity contribution in [3.05, 3.63) is 29.8 Å². The Morgan fingerprint density at radius 1 is 1.32 bits per heavy atom. The maximum atomic E-state index is 11.4. The number of para-hydroxylation sites is 1. The fourth-order valence-corrected chi connectivity index (χ4v) is 2.27. The molecule has 5 heteroatoms. The first-order valence-corrected chi connectivity index (χ1v) is 6.65. The van der Waals surface area contributed by atoms with E-state index < -0.39 is 0 Å². The van der Waals surface area contributed by atoms with Gasteiger partial charge in [0.15, 0.2) is 0 Å². The van der Waals surface area contributed by atoms with Gasteiger partial charge >= 0.3 is 6.03 Å². The van der Waals surface area contributed by atoms with E-state index in [4.69, 9.17) is 4.74 Å². The van der Waals surface area contributed by atoms with Crippen LogP contribution in [0.25, 0.3) is 0 Å². The van der Waals surface area contributed by atoms with Gasteiger partial charge in [-0.15, -0.1) is 0 Å². The average molecular weight is 263 g/mol. The first kappa shape index (κ1) is 13.7. The Bertz CT molecular complexity index is 423. The third kappa shape index (κ3) is 3.86. The second-order valence-corrected chi connectivity index (χ2v) is 4.54. The van der Waals surface area contributed by atoms with Crippen LogP contribution in [0.5, 0.6) is 0 Å². The molecule has 1 heterocycles. The molecule has 1 aliphatic heterocycles. The summed E-state index contributed by atoms with van der Waals surface area (Å²) in [5.41, 5.74) is 2.69. The van der Waals surface area contributed by atoms with E-state index in [0.29, 0.717) is 19.7 Å². The zero-order chi connectivity index (χ0) is 13.5. The van der Waals surface area contributed by atoms with Crippen molar-refractivity contribution in [3.8, 4) is 0 Å². The van der Waals surface area contributed by atoms with Gasteiger partial charge in [-0.05, 0) is 18.1 Å². The number of benzene rings is 1. The van der Waals surface area contributed by atoms with Crippen molar-refractivity contribution in [2.45, 2.75) is 6.42 Å². The second-order valence-electron chi connectivity index (χ2n) is 4.54. The Balaban J connectivity index is 1.68. The summed E-state index contributed by atoms with van der Waals surface area (Å²) in [4.78, 5) is 13.8. The Morgan fingerprint density at radius 3 is 2.95 bits per heavy atom. The van der Waals surface area contributed by atoms with Crippen LogP contribution in [0, 0.1) is 0 Å². The summed E-state index contributed by atoms with van der Waals surface area (Å²) in [6.07, 6.45) is 1.09. The van der Waals surface area contributed by atoms with Gasteiger partial charge in [-0.25, -0.2) is 4.79 Å². The Hall–Kier alpha value is -1.75. The van der Waals surface area contributed by atoms with Crippen molar-refractivity contribution in [2.75, 3.05) is 44.8 Å². The van der Waals surface area contributed by atoms with Crippen molar-refractivity contribution in [1.82, 2.24) is 10.6 Å². The lowest BCUT2D eigenvalue weighted by Gasteiger charge is -2.19. The molecule has 1 aromatic carbocycles.